The number of rotatable bonds is 9. The predicted molar refractivity (Wildman–Crippen MR) is 119 cm³/mol. The third-order valence-corrected chi connectivity index (χ3v) is 6.45. The van der Waals surface area contributed by atoms with Gasteiger partial charge in [-0.05, 0) is 66.3 Å². The highest BCUT2D eigenvalue weighted by molar-refractivity contribution is 5.66. The van der Waals surface area contributed by atoms with Crippen molar-refractivity contribution in [2.45, 2.75) is 77.0 Å². The zero-order chi connectivity index (χ0) is 18.9. The molecular weight excluding hydrogens is 326 g/mol. The van der Waals surface area contributed by atoms with E-state index in [-0.39, 0.29) is 0 Å². The van der Waals surface area contributed by atoms with Crippen molar-refractivity contribution < 1.29 is 0 Å². The van der Waals surface area contributed by atoms with Crippen molar-refractivity contribution in [3.05, 3.63) is 54.1 Å². The summed E-state index contributed by atoms with van der Waals surface area (Å²) in [6.45, 7) is 2.30. The summed E-state index contributed by atoms with van der Waals surface area (Å²) in [4.78, 5) is 0. The highest BCUT2D eigenvalue weighted by Crippen LogP contribution is 2.38. The Kier molecular flexibility index (Phi) is 7.80. The standard InChI is InChI=1S/C26H37N/c1-3-4-5-6-7-8-21-9-11-22(12-10-21)23-13-15-24(16-14-23)25-17-19-26(27-2)20-18-25/h13-22,27H,3-12H2,1-2H3. The fourth-order valence-electron chi connectivity index (χ4n) is 4.60. The van der Waals surface area contributed by atoms with Gasteiger partial charge in [0.2, 0.25) is 0 Å². The molecule has 0 radical (unpaired) electrons. The molecule has 1 nitrogen and oxygen atoms in total. The van der Waals surface area contributed by atoms with E-state index >= 15 is 0 Å². The summed E-state index contributed by atoms with van der Waals surface area (Å²) in [5, 5.41) is 3.18. The molecule has 1 fully saturated rings. The predicted octanol–water partition coefficient (Wildman–Crippen LogP) is 8.03. The first-order valence-electron chi connectivity index (χ1n) is 11.2. The summed E-state index contributed by atoms with van der Waals surface area (Å²) in [7, 11) is 1.96. The zero-order valence-electron chi connectivity index (χ0n) is 17.3. The summed E-state index contributed by atoms with van der Waals surface area (Å²) in [6.07, 6.45) is 14.2. The monoisotopic (exact) mass is 363 g/mol. The molecule has 1 aliphatic carbocycles. The van der Waals surface area contributed by atoms with Gasteiger partial charge in [0.05, 0.1) is 0 Å². The van der Waals surface area contributed by atoms with Crippen LogP contribution < -0.4 is 5.32 Å². The van der Waals surface area contributed by atoms with Crippen molar-refractivity contribution in [3.63, 3.8) is 0 Å². The number of nitrogens with one attached hydrogen (secondary N) is 1. The Morgan fingerprint density at radius 2 is 1.33 bits per heavy atom. The van der Waals surface area contributed by atoms with Crippen molar-refractivity contribution in [1.29, 1.82) is 0 Å². The van der Waals surface area contributed by atoms with Crippen molar-refractivity contribution >= 4 is 5.69 Å². The van der Waals surface area contributed by atoms with Gasteiger partial charge in [-0.3, -0.25) is 0 Å². The minimum absolute atomic E-state index is 0.780. The van der Waals surface area contributed by atoms with Crippen LogP contribution in [0.25, 0.3) is 11.1 Å². The molecular formula is C26H37N. The zero-order valence-corrected chi connectivity index (χ0v) is 17.3. The van der Waals surface area contributed by atoms with Gasteiger partial charge in [0.1, 0.15) is 0 Å². The second-order valence-corrected chi connectivity index (χ2v) is 8.37. The highest BCUT2D eigenvalue weighted by atomic mass is 14.8. The lowest BCUT2D eigenvalue weighted by Gasteiger charge is -2.29. The third kappa shape index (κ3) is 5.86. The third-order valence-electron chi connectivity index (χ3n) is 6.45. The summed E-state index contributed by atoms with van der Waals surface area (Å²) >= 11 is 0. The molecule has 1 N–H and O–H groups in total. The molecule has 2 aromatic rings. The highest BCUT2D eigenvalue weighted by Gasteiger charge is 2.22. The van der Waals surface area contributed by atoms with Crippen molar-refractivity contribution in [2.75, 3.05) is 12.4 Å². The van der Waals surface area contributed by atoms with Crippen LogP contribution in [0.5, 0.6) is 0 Å². The van der Waals surface area contributed by atoms with E-state index in [0.29, 0.717) is 0 Å². The molecule has 146 valence electrons. The summed E-state index contributed by atoms with van der Waals surface area (Å²) in [5.41, 5.74) is 5.33. The molecule has 2 aromatic carbocycles. The quantitative estimate of drug-likeness (QED) is 0.445. The molecule has 1 aliphatic rings. The van der Waals surface area contributed by atoms with Crippen LogP contribution in [0.3, 0.4) is 0 Å². The van der Waals surface area contributed by atoms with Crippen LogP contribution in [-0.2, 0) is 0 Å². The fraction of sp³-hybridized carbons (Fsp3) is 0.538. The van der Waals surface area contributed by atoms with Crippen LogP contribution in [-0.4, -0.2) is 7.05 Å². The molecule has 0 saturated heterocycles. The second kappa shape index (κ2) is 10.5. The van der Waals surface area contributed by atoms with Gasteiger partial charge in [0, 0.05) is 12.7 Å². The average Bonchev–Trinajstić information content (AvgIpc) is 2.74. The normalized spacial score (nSPS) is 19.8. The fourth-order valence-corrected chi connectivity index (χ4v) is 4.60. The van der Waals surface area contributed by atoms with E-state index in [1.165, 1.54) is 75.3 Å². The van der Waals surface area contributed by atoms with E-state index in [1.54, 1.807) is 5.56 Å². The van der Waals surface area contributed by atoms with Gasteiger partial charge in [-0.2, -0.15) is 0 Å². The lowest BCUT2D eigenvalue weighted by molar-refractivity contribution is 0.302. The van der Waals surface area contributed by atoms with Crippen molar-refractivity contribution in [1.82, 2.24) is 0 Å². The maximum atomic E-state index is 3.18. The Labute approximate surface area is 166 Å². The molecule has 27 heavy (non-hydrogen) atoms. The van der Waals surface area contributed by atoms with E-state index in [1.807, 2.05) is 7.05 Å². The second-order valence-electron chi connectivity index (χ2n) is 8.37. The van der Waals surface area contributed by atoms with Gasteiger partial charge in [-0.25, -0.2) is 0 Å². The molecule has 1 heteroatoms. The lowest BCUT2D eigenvalue weighted by atomic mass is 9.77. The van der Waals surface area contributed by atoms with E-state index < -0.39 is 0 Å². The van der Waals surface area contributed by atoms with Crippen LogP contribution >= 0.6 is 0 Å². The Hall–Kier alpha value is -1.76. The molecule has 0 heterocycles. The van der Waals surface area contributed by atoms with Crippen LogP contribution in [0, 0.1) is 5.92 Å². The van der Waals surface area contributed by atoms with Gasteiger partial charge < -0.3 is 5.32 Å². The van der Waals surface area contributed by atoms with Gasteiger partial charge in [0.15, 0.2) is 0 Å². The van der Waals surface area contributed by atoms with Crippen molar-refractivity contribution in [3.8, 4) is 11.1 Å². The van der Waals surface area contributed by atoms with Crippen LogP contribution in [0.15, 0.2) is 48.5 Å². The summed E-state index contributed by atoms with van der Waals surface area (Å²) in [5.74, 6) is 1.77. The Morgan fingerprint density at radius 1 is 0.741 bits per heavy atom. The van der Waals surface area contributed by atoms with Gasteiger partial charge in [0.25, 0.3) is 0 Å². The number of benzene rings is 2. The average molecular weight is 364 g/mol. The first-order chi connectivity index (χ1) is 13.3. The minimum Gasteiger partial charge on any atom is -0.388 e. The van der Waals surface area contributed by atoms with Crippen LogP contribution in [0.1, 0.15) is 82.6 Å². The van der Waals surface area contributed by atoms with Gasteiger partial charge in [-0.15, -0.1) is 0 Å². The van der Waals surface area contributed by atoms with E-state index in [4.69, 9.17) is 0 Å². The number of hydrogen-bond acceptors (Lipinski definition) is 1. The number of anilines is 1. The molecule has 0 amide bonds. The van der Waals surface area contributed by atoms with Crippen molar-refractivity contribution in [2.24, 2.45) is 5.92 Å². The maximum Gasteiger partial charge on any atom is 0.0337 e. The van der Waals surface area contributed by atoms with E-state index in [2.05, 4.69) is 60.8 Å². The number of hydrogen-bond donors (Lipinski definition) is 1. The summed E-state index contributed by atoms with van der Waals surface area (Å²) in [6, 6.07) is 18.1. The molecule has 0 atom stereocenters. The maximum absolute atomic E-state index is 3.18. The SMILES string of the molecule is CCCCCCCC1CCC(c2ccc(-c3ccc(NC)cc3)cc2)CC1. The smallest absolute Gasteiger partial charge is 0.0337 e. The molecule has 1 saturated carbocycles. The molecule has 0 aliphatic heterocycles. The molecule has 0 bridgehead atoms. The van der Waals surface area contributed by atoms with Crippen LogP contribution in [0.2, 0.25) is 0 Å². The molecule has 0 spiro atoms. The van der Waals surface area contributed by atoms with Crippen LogP contribution in [0.4, 0.5) is 5.69 Å². The lowest BCUT2D eigenvalue weighted by Crippen LogP contribution is -2.13. The first kappa shape index (κ1) is 20.0. The number of unbranched alkanes of at least 4 members (excludes halogenated alkanes) is 4. The molecule has 3 rings (SSSR count). The molecule has 0 unspecified atom stereocenters. The van der Waals surface area contributed by atoms with E-state index in [0.717, 1.165) is 17.5 Å². The Bertz CT molecular complexity index is 648. The Morgan fingerprint density at radius 3 is 1.93 bits per heavy atom. The van der Waals surface area contributed by atoms with E-state index in [9.17, 15) is 0 Å². The largest absolute Gasteiger partial charge is 0.388 e. The van der Waals surface area contributed by atoms with Gasteiger partial charge in [-0.1, -0.05) is 81.8 Å². The first-order valence-corrected chi connectivity index (χ1v) is 11.2. The molecule has 0 aromatic heterocycles. The topological polar surface area (TPSA) is 12.0 Å². The van der Waals surface area contributed by atoms with Gasteiger partial charge >= 0.3 is 0 Å². The Balaban J connectivity index is 1.47. The summed E-state index contributed by atoms with van der Waals surface area (Å²) < 4.78 is 0. The minimum atomic E-state index is 0.780.